The van der Waals surface area contributed by atoms with Gasteiger partial charge in [0.15, 0.2) is 0 Å². The van der Waals surface area contributed by atoms with Gasteiger partial charge in [-0.1, -0.05) is 12.1 Å². The number of ether oxygens (including phenoxy) is 2. The zero-order valence-electron chi connectivity index (χ0n) is 19.2. The number of carbonyl (C=O) groups excluding carboxylic acids is 1. The van der Waals surface area contributed by atoms with Crippen molar-refractivity contribution >= 4 is 22.6 Å². The van der Waals surface area contributed by atoms with Crippen molar-refractivity contribution in [2.24, 2.45) is 0 Å². The number of aromatic nitrogens is 1. The van der Waals surface area contributed by atoms with Gasteiger partial charge in [-0.2, -0.15) is 0 Å². The number of nitrogens with one attached hydrogen (secondary N) is 2. The van der Waals surface area contributed by atoms with E-state index in [1.807, 2.05) is 13.0 Å². The number of hydrogen-bond donors (Lipinski definition) is 2. The molecule has 0 radical (unpaired) electrons. The fraction of sp³-hybridized carbons (Fsp3) is 0.360. The Hall–Kier alpha value is -3.43. The first-order valence-electron chi connectivity index (χ1n) is 11.4. The zero-order chi connectivity index (χ0) is 23.9. The van der Waals surface area contributed by atoms with Crippen molar-refractivity contribution in [1.29, 1.82) is 0 Å². The number of H-pyrrole nitrogens is 1. The van der Waals surface area contributed by atoms with Crippen LogP contribution in [0.1, 0.15) is 12.5 Å². The summed E-state index contributed by atoms with van der Waals surface area (Å²) < 4.78 is 25.1. The largest absolute Gasteiger partial charge is 0.494 e. The molecule has 2 N–H and O–H groups in total. The number of para-hydroxylation sites is 1. The maximum absolute atomic E-state index is 14.1. The van der Waals surface area contributed by atoms with Gasteiger partial charge in [-0.05, 0) is 43.3 Å². The molecule has 0 aliphatic carbocycles. The van der Waals surface area contributed by atoms with Crippen molar-refractivity contribution in [3.05, 3.63) is 70.3 Å². The molecule has 0 atom stereocenters. The number of hydrogen-bond acceptors (Lipinski definition) is 5. The van der Waals surface area contributed by atoms with Gasteiger partial charge >= 0.3 is 6.03 Å². The molecule has 1 aliphatic rings. The lowest BCUT2D eigenvalue weighted by molar-refractivity contribution is 0.0349. The molecule has 1 saturated heterocycles. The molecule has 1 aromatic heterocycles. The number of benzene rings is 2. The minimum atomic E-state index is -0.518. The lowest BCUT2D eigenvalue weighted by Gasteiger charge is -2.30. The normalized spacial score (nSPS) is 14.2. The van der Waals surface area contributed by atoms with E-state index in [0.717, 1.165) is 18.5 Å². The van der Waals surface area contributed by atoms with Crippen LogP contribution in [-0.2, 0) is 11.3 Å². The molecule has 0 spiro atoms. The number of aromatic amines is 1. The van der Waals surface area contributed by atoms with Crippen LogP contribution in [0.2, 0.25) is 0 Å². The predicted octanol–water partition coefficient (Wildman–Crippen LogP) is 3.43. The Morgan fingerprint density at radius 1 is 1.21 bits per heavy atom. The van der Waals surface area contributed by atoms with Crippen molar-refractivity contribution in [2.75, 3.05) is 51.3 Å². The second-order valence-electron chi connectivity index (χ2n) is 8.09. The summed E-state index contributed by atoms with van der Waals surface area (Å²) in [7, 11) is 0. The van der Waals surface area contributed by atoms with Gasteiger partial charge in [0.05, 0.1) is 32.1 Å². The molecule has 2 aromatic carbocycles. The molecule has 4 rings (SSSR count). The molecule has 8 nitrogen and oxygen atoms in total. The molecule has 180 valence electrons. The minimum Gasteiger partial charge on any atom is -0.494 e. The van der Waals surface area contributed by atoms with E-state index in [1.54, 1.807) is 30.3 Å². The van der Waals surface area contributed by atoms with E-state index in [2.05, 4.69) is 15.2 Å². The number of morpholine rings is 1. The van der Waals surface area contributed by atoms with Crippen molar-refractivity contribution in [3.8, 4) is 5.75 Å². The van der Waals surface area contributed by atoms with Gasteiger partial charge in [-0.3, -0.25) is 9.69 Å². The van der Waals surface area contributed by atoms with E-state index in [9.17, 15) is 14.0 Å². The number of nitrogens with zero attached hydrogens (tertiary/aromatic N) is 2. The third kappa shape index (κ3) is 5.92. The number of amides is 2. The summed E-state index contributed by atoms with van der Waals surface area (Å²) in [6.07, 6.45) is 0. The van der Waals surface area contributed by atoms with Gasteiger partial charge < -0.3 is 24.7 Å². The van der Waals surface area contributed by atoms with E-state index in [0.29, 0.717) is 49.7 Å². The topological polar surface area (TPSA) is 86.9 Å². The van der Waals surface area contributed by atoms with Crippen LogP contribution in [0.3, 0.4) is 0 Å². The Bertz CT molecular complexity index is 1190. The highest BCUT2D eigenvalue weighted by atomic mass is 19.1. The maximum atomic E-state index is 14.1. The smallest absolute Gasteiger partial charge is 0.322 e. The number of urea groups is 1. The summed E-state index contributed by atoms with van der Waals surface area (Å²) in [6, 6.07) is 12.8. The fourth-order valence-corrected chi connectivity index (χ4v) is 3.91. The van der Waals surface area contributed by atoms with Crippen LogP contribution < -0.4 is 15.6 Å². The van der Waals surface area contributed by atoms with Crippen LogP contribution in [0.15, 0.2) is 53.3 Å². The molecule has 2 heterocycles. The predicted molar refractivity (Wildman–Crippen MR) is 129 cm³/mol. The molecule has 0 unspecified atom stereocenters. The quantitative estimate of drug-likeness (QED) is 0.529. The highest BCUT2D eigenvalue weighted by molar-refractivity contribution is 5.89. The second kappa shape index (κ2) is 11.1. The van der Waals surface area contributed by atoms with Crippen LogP contribution in [-0.4, -0.2) is 66.8 Å². The fourth-order valence-electron chi connectivity index (χ4n) is 3.91. The van der Waals surface area contributed by atoms with E-state index in [1.165, 1.54) is 17.0 Å². The molecule has 2 amide bonds. The molecule has 3 aromatic rings. The lowest BCUT2D eigenvalue weighted by Crippen LogP contribution is -2.44. The van der Waals surface area contributed by atoms with Crippen molar-refractivity contribution in [3.63, 3.8) is 0 Å². The summed E-state index contributed by atoms with van der Waals surface area (Å²) in [6.45, 7) is 6.36. The molecule has 0 bridgehead atoms. The van der Waals surface area contributed by atoms with Crippen molar-refractivity contribution in [1.82, 2.24) is 14.8 Å². The highest BCUT2D eigenvalue weighted by Crippen LogP contribution is 2.20. The number of anilines is 1. The Labute approximate surface area is 197 Å². The molecule has 34 heavy (non-hydrogen) atoms. The first kappa shape index (κ1) is 23.7. The summed E-state index contributed by atoms with van der Waals surface area (Å²) in [5, 5.41) is 3.45. The first-order valence-corrected chi connectivity index (χ1v) is 11.4. The van der Waals surface area contributed by atoms with Gasteiger partial charge in [0.25, 0.3) is 5.56 Å². The molecule has 0 saturated carbocycles. The Balaban J connectivity index is 1.57. The van der Waals surface area contributed by atoms with Crippen LogP contribution in [0, 0.1) is 5.82 Å². The molecule has 9 heteroatoms. The van der Waals surface area contributed by atoms with Gasteiger partial charge in [0.1, 0.15) is 11.6 Å². The van der Waals surface area contributed by atoms with Crippen LogP contribution in [0.4, 0.5) is 14.9 Å². The number of rotatable bonds is 8. The second-order valence-corrected chi connectivity index (χ2v) is 8.09. The number of pyridine rings is 1. The van der Waals surface area contributed by atoms with Gasteiger partial charge in [-0.25, -0.2) is 9.18 Å². The standard InChI is InChI=1S/C25H29FN4O4/c1-2-34-20-7-8-22-18(16-20)15-19(24(31)27-22)17-30(10-9-29-11-13-33-14-12-29)25(32)28-23-6-4-3-5-21(23)26/h3-8,15-16H,2,9-14,17H2,1H3,(H,27,31)(H,28,32). The number of halogens is 1. The Kier molecular flexibility index (Phi) is 7.76. The van der Waals surface area contributed by atoms with Crippen LogP contribution in [0.25, 0.3) is 10.9 Å². The van der Waals surface area contributed by atoms with Gasteiger partial charge in [-0.15, -0.1) is 0 Å². The molecule has 1 fully saturated rings. The van der Waals surface area contributed by atoms with E-state index < -0.39 is 11.8 Å². The molecular formula is C25H29FN4O4. The maximum Gasteiger partial charge on any atom is 0.322 e. The summed E-state index contributed by atoms with van der Waals surface area (Å²) in [5.41, 5.74) is 0.948. The summed E-state index contributed by atoms with van der Waals surface area (Å²) >= 11 is 0. The van der Waals surface area contributed by atoms with E-state index in [-0.39, 0.29) is 17.8 Å². The van der Waals surface area contributed by atoms with E-state index >= 15 is 0 Å². The third-order valence-electron chi connectivity index (χ3n) is 5.76. The minimum absolute atomic E-state index is 0.0781. The number of fused-ring (bicyclic) bond motifs is 1. The SMILES string of the molecule is CCOc1ccc2[nH]c(=O)c(CN(CCN3CCOCC3)C(=O)Nc3ccccc3F)cc2c1. The molecule has 1 aliphatic heterocycles. The average molecular weight is 469 g/mol. The average Bonchev–Trinajstić information content (AvgIpc) is 2.84. The molecular weight excluding hydrogens is 439 g/mol. The summed E-state index contributed by atoms with van der Waals surface area (Å²) in [4.78, 5) is 32.5. The lowest BCUT2D eigenvalue weighted by atomic mass is 10.1. The van der Waals surface area contributed by atoms with Crippen LogP contribution in [0.5, 0.6) is 5.75 Å². The van der Waals surface area contributed by atoms with Gasteiger partial charge in [0.2, 0.25) is 0 Å². The van der Waals surface area contributed by atoms with Crippen molar-refractivity contribution < 1.29 is 18.7 Å². The summed E-state index contributed by atoms with van der Waals surface area (Å²) in [5.74, 6) is 0.186. The van der Waals surface area contributed by atoms with E-state index in [4.69, 9.17) is 9.47 Å². The first-order chi connectivity index (χ1) is 16.5. The monoisotopic (exact) mass is 468 g/mol. The highest BCUT2D eigenvalue weighted by Gasteiger charge is 2.20. The van der Waals surface area contributed by atoms with Crippen LogP contribution >= 0.6 is 0 Å². The Morgan fingerprint density at radius 3 is 2.76 bits per heavy atom. The third-order valence-corrected chi connectivity index (χ3v) is 5.76. The van der Waals surface area contributed by atoms with Crippen molar-refractivity contribution in [2.45, 2.75) is 13.5 Å². The van der Waals surface area contributed by atoms with Gasteiger partial charge in [0, 0.05) is 42.6 Å². The number of carbonyl (C=O) groups is 1. The zero-order valence-corrected chi connectivity index (χ0v) is 19.2. The Morgan fingerprint density at radius 2 is 2.00 bits per heavy atom.